The first-order chi connectivity index (χ1) is 8.71. The number of likely N-dealkylation sites (N-methyl/N-ethyl adjacent to an activating group) is 1. The van der Waals surface area contributed by atoms with Crippen molar-refractivity contribution in [1.82, 2.24) is 4.90 Å². The molecule has 1 rings (SSSR count). The van der Waals surface area contributed by atoms with Crippen LogP contribution in [-0.4, -0.2) is 42.5 Å². The third kappa shape index (κ3) is 4.96. The second-order valence-corrected chi connectivity index (χ2v) is 7.41. The molecule has 4 heteroatoms. The summed E-state index contributed by atoms with van der Waals surface area (Å²) < 4.78 is 13.8. The lowest BCUT2D eigenvalue weighted by atomic mass is 9.87. The van der Waals surface area contributed by atoms with E-state index >= 15 is 0 Å². The molecule has 0 aliphatic heterocycles. The molecule has 19 heavy (non-hydrogen) atoms. The van der Waals surface area contributed by atoms with Crippen LogP contribution in [0.1, 0.15) is 26.3 Å². The van der Waals surface area contributed by atoms with E-state index in [1.807, 2.05) is 18.4 Å². The van der Waals surface area contributed by atoms with Crippen molar-refractivity contribution in [3.63, 3.8) is 0 Å². The fourth-order valence-corrected chi connectivity index (χ4v) is 2.58. The van der Waals surface area contributed by atoms with Crippen molar-refractivity contribution in [3.8, 4) is 0 Å². The fraction of sp³-hybridized carbons (Fsp3) is 0.600. The minimum Gasteiger partial charge on any atom is -0.308 e. The zero-order valence-corrected chi connectivity index (χ0v) is 13.8. The summed E-state index contributed by atoms with van der Waals surface area (Å²) in [4.78, 5) is 2.10. The molecule has 0 amide bonds. The predicted octanol–water partition coefficient (Wildman–Crippen LogP) is 2.65. The molecule has 0 heterocycles. The molecular formula is C15H26N2OS. The zero-order chi connectivity index (χ0) is 14.6. The Morgan fingerprint density at radius 3 is 1.95 bits per heavy atom. The maximum Gasteiger partial charge on any atom is 0.116 e. The summed E-state index contributed by atoms with van der Waals surface area (Å²) in [5.74, 6) is 0. The van der Waals surface area contributed by atoms with Crippen LogP contribution in [0.4, 0.5) is 5.69 Å². The summed E-state index contributed by atoms with van der Waals surface area (Å²) in [5.41, 5.74) is 2.47. The summed E-state index contributed by atoms with van der Waals surface area (Å²) in [5, 5.41) is 0. The topological polar surface area (TPSA) is 23.6 Å². The Bertz CT molecular complexity index is 421. The molecule has 0 saturated heterocycles. The lowest BCUT2D eigenvalue weighted by Crippen LogP contribution is -2.32. The molecule has 0 bridgehead atoms. The molecule has 0 fully saturated rings. The van der Waals surface area contributed by atoms with Crippen molar-refractivity contribution in [3.05, 3.63) is 29.8 Å². The molecule has 0 saturated carbocycles. The van der Waals surface area contributed by atoms with E-state index < -0.39 is 11.0 Å². The van der Waals surface area contributed by atoms with Gasteiger partial charge in [-0.25, -0.2) is 4.21 Å². The molecule has 1 aromatic carbocycles. The Hall–Kier alpha value is -0.870. The zero-order valence-electron chi connectivity index (χ0n) is 12.9. The van der Waals surface area contributed by atoms with E-state index in [1.54, 1.807) is 6.26 Å². The molecule has 0 radical (unpaired) electrons. The van der Waals surface area contributed by atoms with Crippen LogP contribution in [-0.2, 0) is 16.4 Å². The fourth-order valence-electron chi connectivity index (χ4n) is 1.82. The monoisotopic (exact) mass is 282 g/mol. The van der Waals surface area contributed by atoms with E-state index in [4.69, 9.17) is 0 Å². The molecular weight excluding hydrogens is 256 g/mol. The van der Waals surface area contributed by atoms with Crippen LogP contribution in [0.5, 0.6) is 0 Å². The van der Waals surface area contributed by atoms with Crippen LogP contribution in [0.2, 0.25) is 0 Å². The van der Waals surface area contributed by atoms with Crippen molar-refractivity contribution >= 4 is 16.7 Å². The third-order valence-corrected chi connectivity index (χ3v) is 4.10. The quantitative estimate of drug-likeness (QED) is 0.829. The van der Waals surface area contributed by atoms with E-state index in [9.17, 15) is 4.21 Å². The molecule has 0 aliphatic carbocycles. The van der Waals surface area contributed by atoms with Crippen LogP contribution in [0, 0.1) is 0 Å². The molecule has 1 unspecified atom stereocenters. The van der Waals surface area contributed by atoms with Gasteiger partial charge in [0.1, 0.15) is 11.0 Å². The van der Waals surface area contributed by atoms with Gasteiger partial charge in [0.15, 0.2) is 0 Å². The van der Waals surface area contributed by atoms with Gasteiger partial charge in [0, 0.05) is 25.0 Å². The first kappa shape index (κ1) is 16.2. The van der Waals surface area contributed by atoms with Gasteiger partial charge < -0.3 is 4.90 Å². The Balaban J connectivity index is 2.89. The van der Waals surface area contributed by atoms with Crippen molar-refractivity contribution in [2.75, 3.05) is 37.7 Å². The van der Waals surface area contributed by atoms with Crippen LogP contribution in [0.15, 0.2) is 24.3 Å². The van der Waals surface area contributed by atoms with Gasteiger partial charge in [0.2, 0.25) is 0 Å². The highest BCUT2D eigenvalue weighted by Gasteiger charge is 2.15. The molecule has 0 spiro atoms. The van der Waals surface area contributed by atoms with Crippen LogP contribution in [0.25, 0.3) is 0 Å². The number of anilines is 1. The lowest BCUT2D eigenvalue weighted by Gasteiger charge is -2.25. The Morgan fingerprint density at radius 2 is 1.58 bits per heavy atom. The number of hydrogen-bond acceptors (Lipinski definition) is 2. The van der Waals surface area contributed by atoms with Gasteiger partial charge in [0.05, 0.1) is 0 Å². The van der Waals surface area contributed by atoms with E-state index in [0.29, 0.717) is 0 Å². The van der Waals surface area contributed by atoms with Crippen LogP contribution < -0.4 is 4.31 Å². The van der Waals surface area contributed by atoms with Gasteiger partial charge in [-0.3, -0.25) is 4.31 Å². The van der Waals surface area contributed by atoms with Gasteiger partial charge in [-0.2, -0.15) is 0 Å². The average Bonchev–Trinajstić information content (AvgIpc) is 2.27. The molecule has 1 atom stereocenters. The summed E-state index contributed by atoms with van der Waals surface area (Å²) in [7, 11) is 3.06. The minimum atomic E-state index is -0.992. The normalized spacial score (nSPS) is 13.6. The molecule has 0 aromatic heterocycles. The highest BCUT2D eigenvalue weighted by molar-refractivity contribution is 7.85. The maximum atomic E-state index is 11.9. The minimum absolute atomic E-state index is 0.151. The molecule has 0 aliphatic rings. The molecule has 0 N–H and O–H groups in total. The van der Waals surface area contributed by atoms with Crippen molar-refractivity contribution < 1.29 is 4.21 Å². The summed E-state index contributed by atoms with van der Waals surface area (Å²) in [6, 6.07) is 8.39. The number of hydrogen-bond donors (Lipinski definition) is 0. The highest BCUT2D eigenvalue weighted by Crippen LogP contribution is 2.25. The number of nitrogens with zero attached hydrogens (tertiary/aromatic N) is 2. The van der Waals surface area contributed by atoms with Crippen LogP contribution >= 0.6 is 0 Å². The molecule has 108 valence electrons. The Morgan fingerprint density at radius 1 is 1.05 bits per heavy atom. The van der Waals surface area contributed by atoms with E-state index in [0.717, 1.165) is 18.8 Å². The smallest absolute Gasteiger partial charge is 0.116 e. The SMILES string of the molecule is CN(C)CCN(c1ccc(C(C)(C)C)cc1)S(C)=O. The summed E-state index contributed by atoms with van der Waals surface area (Å²) in [6.45, 7) is 8.25. The predicted molar refractivity (Wildman–Crippen MR) is 85.1 cm³/mol. The maximum absolute atomic E-state index is 11.9. The largest absolute Gasteiger partial charge is 0.308 e. The number of rotatable bonds is 5. The van der Waals surface area contributed by atoms with Gasteiger partial charge in [0.25, 0.3) is 0 Å². The number of benzene rings is 1. The highest BCUT2D eigenvalue weighted by atomic mass is 32.2. The summed E-state index contributed by atoms with van der Waals surface area (Å²) >= 11 is 0. The van der Waals surface area contributed by atoms with E-state index in [-0.39, 0.29) is 5.41 Å². The standard InChI is InChI=1S/C15H26N2OS/c1-15(2,3)13-7-9-14(10-8-13)17(19(6)18)12-11-16(4)5/h7-10H,11-12H2,1-6H3. The van der Waals surface area contributed by atoms with Gasteiger partial charge >= 0.3 is 0 Å². The summed E-state index contributed by atoms with van der Waals surface area (Å²) in [6.07, 6.45) is 1.73. The first-order valence-electron chi connectivity index (χ1n) is 6.58. The lowest BCUT2D eigenvalue weighted by molar-refractivity contribution is 0.421. The van der Waals surface area contributed by atoms with Gasteiger partial charge in [-0.15, -0.1) is 0 Å². The van der Waals surface area contributed by atoms with Gasteiger partial charge in [-0.1, -0.05) is 32.9 Å². The van der Waals surface area contributed by atoms with Crippen LogP contribution in [0.3, 0.4) is 0 Å². The van der Waals surface area contributed by atoms with E-state index in [1.165, 1.54) is 5.56 Å². The van der Waals surface area contributed by atoms with Crippen molar-refractivity contribution in [1.29, 1.82) is 0 Å². The van der Waals surface area contributed by atoms with E-state index in [2.05, 4.69) is 49.9 Å². The molecule has 1 aromatic rings. The van der Waals surface area contributed by atoms with Crippen molar-refractivity contribution in [2.24, 2.45) is 0 Å². The average molecular weight is 282 g/mol. The molecule has 3 nitrogen and oxygen atoms in total. The first-order valence-corrected chi connectivity index (χ1v) is 8.09. The second kappa shape index (κ2) is 6.53. The van der Waals surface area contributed by atoms with Gasteiger partial charge in [-0.05, 0) is 37.2 Å². The Labute approximate surface area is 120 Å². The third-order valence-electron chi connectivity index (χ3n) is 3.08. The van der Waals surface area contributed by atoms with Crippen molar-refractivity contribution in [2.45, 2.75) is 26.2 Å². The Kier molecular flexibility index (Phi) is 5.56. The second-order valence-electron chi connectivity index (χ2n) is 6.13.